The van der Waals surface area contributed by atoms with Gasteiger partial charge in [0, 0.05) is 35.6 Å². The van der Waals surface area contributed by atoms with E-state index in [1.54, 1.807) is 17.9 Å². The lowest BCUT2D eigenvalue weighted by Crippen LogP contribution is -2.40. The highest BCUT2D eigenvalue weighted by atomic mass is 79.9. The molecule has 6 heteroatoms. The van der Waals surface area contributed by atoms with Crippen LogP contribution < -0.4 is 0 Å². The van der Waals surface area contributed by atoms with Crippen molar-refractivity contribution in [3.05, 3.63) is 39.4 Å². The van der Waals surface area contributed by atoms with Gasteiger partial charge in [0.2, 0.25) is 0 Å². The molecule has 0 spiro atoms. The molecule has 1 fully saturated rings. The lowest BCUT2D eigenvalue weighted by atomic mass is 9.94. The maximum Gasteiger partial charge on any atom is 0.270 e. The highest BCUT2D eigenvalue weighted by Crippen LogP contribution is 2.26. The Morgan fingerprint density at radius 2 is 2.00 bits per heavy atom. The second-order valence-corrected chi connectivity index (χ2v) is 7.07. The lowest BCUT2D eigenvalue weighted by Gasteiger charge is -2.33. The van der Waals surface area contributed by atoms with Gasteiger partial charge in [-0.2, -0.15) is 0 Å². The number of amides is 1. The molecule has 0 bridgehead atoms. The summed E-state index contributed by atoms with van der Waals surface area (Å²) in [4.78, 5) is 25.2. The third-order valence-corrected chi connectivity index (χ3v) is 4.74. The number of halogens is 1. The average Bonchev–Trinajstić information content (AvgIpc) is 2.45. The van der Waals surface area contributed by atoms with E-state index in [1.165, 1.54) is 12.1 Å². The first kappa shape index (κ1) is 15.9. The molecule has 1 aliphatic heterocycles. The zero-order valence-corrected chi connectivity index (χ0v) is 13.8. The van der Waals surface area contributed by atoms with Crippen molar-refractivity contribution in [2.45, 2.75) is 31.5 Å². The Bertz CT molecular complexity index is 552. The van der Waals surface area contributed by atoms with Crippen LogP contribution in [-0.2, 0) is 0 Å². The molecule has 114 valence electrons. The zero-order chi connectivity index (χ0) is 15.6. The summed E-state index contributed by atoms with van der Waals surface area (Å²) in [6.45, 7) is 5.32. The normalized spacial score (nSPS) is 17.6. The minimum Gasteiger partial charge on any atom is -0.339 e. The van der Waals surface area contributed by atoms with Crippen LogP contribution in [0.5, 0.6) is 0 Å². The molecule has 5 nitrogen and oxygen atoms in total. The number of hydrogen-bond donors (Lipinski definition) is 0. The first-order valence-electron chi connectivity index (χ1n) is 7.08. The van der Waals surface area contributed by atoms with E-state index in [9.17, 15) is 14.9 Å². The number of nitro benzene ring substituents is 1. The number of rotatable bonds is 3. The van der Waals surface area contributed by atoms with Crippen LogP contribution in [0.2, 0.25) is 0 Å². The van der Waals surface area contributed by atoms with Crippen LogP contribution in [0, 0.1) is 23.0 Å². The molecular formula is C15H19BrN2O3. The molecule has 0 radical (unpaired) electrons. The number of piperidine rings is 1. The summed E-state index contributed by atoms with van der Waals surface area (Å²) < 4.78 is 0. The fourth-order valence-corrected chi connectivity index (χ4v) is 3.26. The predicted octanol–water partition coefficient (Wildman–Crippen LogP) is 3.54. The summed E-state index contributed by atoms with van der Waals surface area (Å²) >= 11 is 3.59. The fraction of sp³-hybridized carbons (Fsp3) is 0.533. The van der Waals surface area contributed by atoms with Crippen molar-refractivity contribution < 1.29 is 9.72 Å². The van der Waals surface area contributed by atoms with Crippen LogP contribution in [0.3, 0.4) is 0 Å². The van der Waals surface area contributed by atoms with Gasteiger partial charge in [-0.15, -0.1) is 0 Å². The Hall–Kier alpha value is -1.43. The van der Waals surface area contributed by atoms with Gasteiger partial charge in [-0.25, -0.2) is 0 Å². The number of hydrogen-bond acceptors (Lipinski definition) is 3. The Morgan fingerprint density at radius 1 is 1.38 bits per heavy atom. The zero-order valence-electron chi connectivity index (χ0n) is 12.2. The number of likely N-dealkylation sites (tertiary alicyclic amines) is 1. The largest absolute Gasteiger partial charge is 0.339 e. The van der Waals surface area contributed by atoms with Crippen molar-refractivity contribution in [2.24, 2.45) is 5.92 Å². The van der Waals surface area contributed by atoms with Gasteiger partial charge in [-0.05, 0) is 37.3 Å². The molecule has 0 aromatic heterocycles. The van der Waals surface area contributed by atoms with E-state index in [0.717, 1.165) is 18.4 Å². The van der Waals surface area contributed by atoms with Crippen LogP contribution in [0.4, 0.5) is 5.69 Å². The van der Waals surface area contributed by atoms with Crippen molar-refractivity contribution in [1.82, 2.24) is 4.90 Å². The van der Waals surface area contributed by atoms with Gasteiger partial charge in [0.05, 0.1) is 4.92 Å². The highest BCUT2D eigenvalue weighted by molar-refractivity contribution is 9.09. The van der Waals surface area contributed by atoms with Crippen molar-refractivity contribution in [2.75, 3.05) is 13.1 Å². The number of carbonyl (C=O) groups excluding carboxylic acids is 1. The van der Waals surface area contributed by atoms with E-state index in [0.29, 0.717) is 29.4 Å². The number of carbonyl (C=O) groups is 1. The van der Waals surface area contributed by atoms with Crippen LogP contribution >= 0.6 is 15.9 Å². The van der Waals surface area contributed by atoms with E-state index in [-0.39, 0.29) is 11.6 Å². The lowest BCUT2D eigenvalue weighted by molar-refractivity contribution is -0.384. The molecule has 1 atom stereocenters. The van der Waals surface area contributed by atoms with Gasteiger partial charge >= 0.3 is 0 Å². The van der Waals surface area contributed by atoms with Crippen molar-refractivity contribution in [1.29, 1.82) is 0 Å². The minimum atomic E-state index is -0.456. The first-order chi connectivity index (χ1) is 9.88. The van der Waals surface area contributed by atoms with Crippen molar-refractivity contribution in [3.63, 3.8) is 0 Å². The molecule has 1 aromatic carbocycles. The molecule has 1 saturated heterocycles. The number of benzene rings is 1. The quantitative estimate of drug-likeness (QED) is 0.473. The number of nitrogens with zero attached hydrogens (tertiary/aromatic N) is 2. The van der Waals surface area contributed by atoms with Gasteiger partial charge in [0.25, 0.3) is 11.6 Å². The van der Waals surface area contributed by atoms with Gasteiger partial charge in [0.1, 0.15) is 0 Å². The maximum atomic E-state index is 12.5. The molecule has 1 aliphatic rings. The van der Waals surface area contributed by atoms with Gasteiger partial charge in [-0.1, -0.05) is 22.9 Å². The van der Waals surface area contributed by atoms with Crippen molar-refractivity contribution >= 4 is 27.5 Å². The molecule has 1 unspecified atom stereocenters. The smallest absolute Gasteiger partial charge is 0.270 e. The standard InChI is InChI=1S/C15H19BrN2O3/c1-10-7-13(9-14(8-10)18(20)21)15(19)17-5-3-12(4-6-17)11(2)16/h7-9,11-12H,3-6H2,1-2H3. The number of non-ortho nitro benzene ring substituents is 1. The van der Waals surface area contributed by atoms with E-state index >= 15 is 0 Å². The van der Waals surface area contributed by atoms with Crippen molar-refractivity contribution in [3.8, 4) is 0 Å². The number of alkyl halides is 1. The second kappa shape index (κ2) is 6.56. The molecule has 2 rings (SSSR count). The first-order valence-corrected chi connectivity index (χ1v) is 7.99. The van der Waals surface area contributed by atoms with Crippen LogP contribution in [0.25, 0.3) is 0 Å². The third-order valence-electron chi connectivity index (χ3n) is 4.00. The maximum absolute atomic E-state index is 12.5. The predicted molar refractivity (Wildman–Crippen MR) is 84.8 cm³/mol. The molecular weight excluding hydrogens is 336 g/mol. The van der Waals surface area contributed by atoms with Gasteiger partial charge in [0.15, 0.2) is 0 Å². The second-order valence-electron chi connectivity index (χ2n) is 5.62. The Kier molecular flexibility index (Phi) is 4.98. The molecule has 0 aliphatic carbocycles. The molecule has 1 amide bonds. The fourth-order valence-electron chi connectivity index (χ4n) is 2.74. The molecule has 21 heavy (non-hydrogen) atoms. The Morgan fingerprint density at radius 3 is 2.52 bits per heavy atom. The van der Waals surface area contributed by atoms with Crippen LogP contribution in [-0.4, -0.2) is 33.6 Å². The molecule has 1 heterocycles. The summed E-state index contributed by atoms with van der Waals surface area (Å²) in [5.41, 5.74) is 1.12. The van der Waals surface area contributed by atoms with Crippen LogP contribution in [0.1, 0.15) is 35.7 Å². The van der Waals surface area contributed by atoms with E-state index in [1.807, 2.05) is 0 Å². The molecule has 0 N–H and O–H groups in total. The monoisotopic (exact) mass is 354 g/mol. The van der Waals surface area contributed by atoms with E-state index in [2.05, 4.69) is 22.9 Å². The van der Waals surface area contributed by atoms with E-state index in [4.69, 9.17) is 0 Å². The summed E-state index contributed by atoms with van der Waals surface area (Å²) in [7, 11) is 0. The summed E-state index contributed by atoms with van der Waals surface area (Å²) in [5.74, 6) is 0.475. The average molecular weight is 355 g/mol. The number of aryl methyl sites for hydroxylation is 1. The SMILES string of the molecule is Cc1cc(C(=O)N2CCC(C(C)Br)CC2)cc([N+](=O)[O-])c1. The van der Waals surface area contributed by atoms with Crippen LogP contribution in [0.15, 0.2) is 18.2 Å². The number of nitro groups is 1. The minimum absolute atomic E-state index is 0.0256. The van der Waals surface area contributed by atoms with Gasteiger partial charge in [-0.3, -0.25) is 14.9 Å². The summed E-state index contributed by atoms with van der Waals surface area (Å²) in [6, 6.07) is 4.57. The Labute approximate surface area is 132 Å². The van der Waals surface area contributed by atoms with E-state index < -0.39 is 4.92 Å². The third kappa shape index (κ3) is 3.81. The topological polar surface area (TPSA) is 63.5 Å². The van der Waals surface area contributed by atoms with Gasteiger partial charge < -0.3 is 4.90 Å². The molecule has 1 aromatic rings. The molecule has 0 saturated carbocycles. The highest BCUT2D eigenvalue weighted by Gasteiger charge is 2.26. The summed E-state index contributed by atoms with van der Waals surface area (Å²) in [6.07, 6.45) is 1.93. The Balaban J connectivity index is 2.12. The summed E-state index contributed by atoms with van der Waals surface area (Å²) in [5, 5.41) is 10.9.